The molecular formula is C22H31N3O3. The molecule has 2 amide bonds. The van der Waals surface area contributed by atoms with Gasteiger partial charge in [0.15, 0.2) is 0 Å². The summed E-state index contributed by atoms with van der Waals surface area (Å²) in [6.07, 6.45) is 0.440. The third-order valence-electron chi connectivity index (χ3n) is 5.49. The number of ether oxygens (including phenoxy) is 1. The van der Waals surface area contributed by atoms with Gasteiger partial charge < -0.3 is 19.1 Å². The van der Waals surface area contributed by atoms with Crippen molar-refractivity contribution >= 4 is 22.9 Å². The molecule has 1 fully saturated rings. The standard InChI is InChI=1S/C22H31N3O3/c1-15-16(2)23(6)19-9-8-17(14-18(15)19)20(26)24-10-7-11-25(13-12-24)21(27)28-22(3,4)5/h8-9,14H,7,10-13H2,1-6H3. The Kier molecular flexibility index (Phi) is 5.41. The maximum atomic E-state index is 13.1. The Labute approximate surface area is 167 Å². The van der Waals surface area contributed by atoms with Gasteiger partial charge in [-0.15, -0.1) is 0 Å². The number of benzene rings is 1. The van der Waals surface area contributed by atoms with E-state index in [1.54, 1.807) is 4.90 Å². The number of carbonyl (C=O) groups is 2. The van der Waals surface area contributed by atoms with Crippen molar-refractivity contribution in [2.24, 2.45) is 7.05 Å². The van der Waals surface area contributed by atoms with Crippen LogP contribution in [-0.4, -0.2) is 58.1 Å². The van der Waals surface area contributed by atoms with Crippen molar-refractivity contribution < 1.29 is 14.3 Å². The van der Waals surface area contributed by atoms with E-state index in [9.17, 15) is 9.59 Å². The molecule has 0 radical (unpaired) electrons. The maximum absolute atomic E-state index is 13.1. The lowest BCUT2D eigenvalue weighted by atomic mass is 10.1. The lowest BCUT2D eigenvalue weighted by Gasteiger charge is -2.26. The van der Waals surface area contributed by atoms with Crippen LogP contribution in [0.2, 0.25) is 0 Å². The molecule has 0 saturated carbocycles. The zero-order chi connectivity index (χ0) is 20.6. The summed E-state index contributed by atoms with van der Waals surface area (Å²) in [5, 5.41) is 1.12. The maximum Gasteiger partial charge on any atom is 0.410 e. The van der Waals surface area contributed by atoms with Crippen molar-refractivity contribution in [1.29, 1.82) is 0 Å². The minimum Gasteiger partial charge on any atom is -0.444 e. The first kappa shape index (κ1) is 20.2. The summed E-state index contributed by atoms with van der Waals surface area (Å²) in [5.41, 5.74) is 3.74. The van der Waals surface area contributed by atoms with Crippen LogP contribution in [0.15, 0.2) is 18.2 Å². The average Bonchev–Trinajstić information content (AvgIpc) is 2.82. The zero-order valence-electron chi connectivity index (χ0n) is 17.8. The van der Waals surface area contributed by atoms with Gasteiger partial charge in [0.1, 0.15) is 5.60 Å². The highest BCUT2D eigenvalue weighted by Gasteiger charge is 2.26. The molecule has 1 saturated heterocycles. The molecule has 0 N–H and O–H groups in total. The molecule has 2 aromatic rings. The first-order valence-electron chi connectivity index (χ1n) is 9.91. The van der Waals surface area contributed by atoms with Gasteiger partial charge in [0.05, 0.1) is 0 Å². The number of nitrogens with zero attached hydrogens (tertiary/aromatic N) is 3. The Morgan fingerprint density at radius 1 is 1.00 bits per heavy atom. The molecule has 2 heterocycles. The monoisotopic (exact) mass is 385 g/mol. The Hall–Kier alpha value is -2.50. The zero-order valence-corrected chi connectivity index (χ0v) is 17.8. The average molecular weight is 386 g/mol. The summed E-state index contributed by atoms with van der Waals surface area (Å²) in [7, 11) is 2.05. The van der Waals surface area contributed by atoms with Crippen LogP contribution in [0.4, 0.5) is 4.79 Å². The molecule has 0 atom stereocenters. The number of carbonyl (C=O) groups excluding carboxylic acids is 2. The minimum absolute atomic E-state index is 0.0221. The molecule has 1 aromatic carbocycles. The molecule has 0 unspecified atom stereocenters. The van der Waals surface area contributed by atoms with E-state index in [1.165, 1.54) is 11.3 Å². The molecule has 1 aromatic heterocycles. The smallest absolute Gasteiger partial charge is 0.410 e. The fourth-order valence-corrected chi connectivity index (χ4v) is 3.70. The molecule has 3 rings (SSSR count). The van der Waals surface area contributed by atoms with Crippen molar-refractivity contribution in [3.63, 3.8) is 0 Å². The second kappa shape index (κ2) is 7.49. The molecule has 28 heavy (non-hydrogen) atoms. The number of rotatable bonds is 1. The molecule has 0 spiro atoms. The number of hydrogen-bond acceptors (Lipinski definition) is 3. The third-order valence-corrected chi connectivity index (χ3v) is 5.49. The molecule has 1 aliphatic heterocycles. The third kappa shape index (κ3) is 4.01. The second-order valence-corrected chi connectivity index (χ2v) is 8.61. The number of amides is 2. The largest absolute Gasteiger partial charge is 0.444 e. The van der Waals surface area contributed by atoms with Crippen molar-refractivity contribution in [2.45, 2.75) is 46.6 Å². The number of hydrogen-bond donors (Lipinski definition) is 0. The van der Waals surface area contributed by atoms with E-state index < -0.39 is 5.60 Å². The van der Waals surface area contributed by atoms with Gasteiger partial charge in [-0.1, -0.05) is 0 Å². The van der Waals surface area contributed by atoms with Crippen LogP contribution in [0.3, 0.4) is 0 Å². The summed E-state index contributed by atoms with van der Waals surface area (Å²) >= 11 is 0. The summed E-state index contributed by atoms with van der Waals surface area (Å²) in [4.78, 5) is 29.0. The van der Waals surface area contributed by atoms with Crippen LogP contribution in [-0.2, 0) is 11.8 Å². The number of aromatic nitrogens is 1. The van der Waals surface area contributed by atoms with Crippen molar-refractivity contribution in [1.82, 2.24) is 14.4 Å². The van der Waals surface area contributed by atoms with Gasteiger partial charge in [-0.2, -0.15) is 0 Å². The van der Waals surface area contributed by atoms with Crippen molar-refractivity contribution in [2.75, 3.05) is 26.2 Å². The fourth-order valence-electron chi connectivity index (χ4n) is 3.70. The second-order valence-electron chi connectivity index (χ2n) is 8.61. The van der Waals surface area contributed by atoms with E-state index in [2.05, 4.69) is 18.4 Å². The van der Waals surface area contributed by atoms with Gasteiger partial charge in [0, 0.05) is 55.4 Å². The van der Waals surface area contributed by atoms with Gasteiger partial charge in [0.2, 0.25) is 0 Å². The van der Waals surface area contributed by atoms with Crippen LogP contribution in [0.25, 0.3) is 10.9 Å². The molecular weight excluding hydrogens is 354 g/mol. The minimum atomic E-state index is -0.514. The summed E-state index contributed by atoms with van der Waals surface area (Å²) in [6.45, 7) is 12.0. The lowest BCUT2D eigenvalue weighted by molar-refractivity contribution is 0.0255. The Morgan fingerprint density at radius 3 is 2.32 bits per heavy atom. The Balaban J connectivity index is 1.74. The molecule has 1 aliphatic rings. The molecule has 6 heteroatoms. The van der Waals surface area contributed by atoms with Crippen LogP contribution in [0.5, 0.6) is 0 Å². The van der Waals surface area contributed by atoms with Crippen molar-refractivity contribution in [3.8, 4) is 0 Å². The van der Waals surface area contributed by atoms with E-state index in [4.69, 9.17) is 4.74 Å². The SMILES string of the molecule is Cc1c(C)n(C)c2ccc(C(=O)N3CCCN(C(=O)OC(C)(C)C)CC3)cc12. The van der Waals surface area contributed by atoms with E-state index in [-0.39, 0.29) is 12.0 Å². The molecule has 152 valence electrons. The highest BCUT2D eigenvalue weighted by Crippen LogP contribution is 2.26. The van der Waals surface area contributed by atoms with Gasteiger partial charge in [0.25, 0.3) is 5.91 Å². The fraction of sp³-hybridized carbons (Fsp3) is 0.545. The van der Waals surface area contributed by atoms with Gasteiger partial charge in [-0.05, 0) is 64.8 Å². The predicted octanol–water partition coefficient (Wildman–Crippen LogP) is 3.88. The molecule has 6 nitrogen and oxygen atoms in total. The Morgan fingerprint density at radius 2 is 1.64 bits per heavy atom. The van der Waals surface area contributed by atoms with E-state index in [0.29, 0.717) is 31.7 Å². The summed E-state index contributed by atoms with van der Waals surface area (Å²) in [5.74, 6) is 0.0221. The summed E-state index contributed by atoms with van der Waals surface area (Å²) < 4.78 is 7.63. The normalized spacial score (nSPS) is 15.6. The first-order valence-corrected chi connectivity index (χ1v) is 9.91. The highest BCUT2D eigenvalue weighted by atomic mass is 16.6. The quantitative estimate of drug-likeness (QED) is 0.749. The van der Waals surface area contributed by atoms with E-state index in [1.807, 2.05) is 50.9 Å². The predicted molar refractivity (Wildman–Crippen MR) is 111 cm³/mol. The van der Waals surface area contributed by atoms with Gasteiger partial charge >= 0.3 is 6.09 Å². The van der Waals surface area contributed by atoms with Gasteiger partial charge in [-0.25, -0.2) is 4.79 Å². The van der Waals surface area contributed by atoms with E-state index >= 15 is 0 Å². The molecule has 0 aliphatic carbocycles. The van der Waals surface area contributed by atoms with Gasteiger partial charge in [-0.3, -0.25) is 4.79 Å². The topological polar surface area (TPSA) is 54.8 Å². The highest BCUT2D eigenvalue weighted by molar-refractivity contribution is 5.99. The molecule has 0 bridgehead atoms. The number of aryl methyl sites for hydroxylation is 2. The first-order chi connectivity index (χ1) is 13.1. The van der Waals surface area contributed by atoms with Crippen LogP contribution in [0, 0.1) is 13.8 Å². The van der Waals surface area contributed by atoms with Crippen molar-refractivity contribution in [3.05, 3.63) is 35.0 Å². The van der Waals surface area contributed by atoms with E-state index in [0.717, 1.165) is 17.3 Å². The number of fused-ring (bicyclic) bond motifs is 1. The van der Waals surface area contributed by atoms with Crippen LogP contribution in [0.1, 0.15) is 48.8 Å². The van der Waals surface area contributed by atoms with Crippen LogP contribution >= 0.6 is 0 Å². The van der Waals surface area contributed by atoms with Crippen LogP contribution < -0.4 is 0 Å². The Bertz CT molecular complexity index is 908. The summed E-state index contributed by atoms with van der Waals surface area (Å²) in [6, 6.07) is 5.92. The lowest BCUT2D eigenvalue weighted by Crippen LogP contribution is -2.40.